The van der Waals surface area contributed by atoms with E-state index in [0.717, 1.165) is 17.1 Å². The molecule has 1 atom stereocenters. The highest BCUT2D eigenvalue weighted by Gasteiger charge is 2.07. The van der Waals surface area contributed by atoms with Gasteiger partial charge in [0.15, 0.2) is 11.5 Å². The maximum atomic E-state index is 9.73. The molecule has 0 saturated carbocycles. The fourth-order valence-corrected chi connectivity index (χ4v) is 1.86. The summed E-state index contributed by atoms with van der Waals surface area (Å²) in [5.41, 5.74) is 1.09. The van der Waals surface area contributed by atoms with Gasteiger partial charge in [-0.05, 0) is 31.8 Å². The second-order valence-corrected chi connectivity index (χ2v) is 4.74. The summed E-state index contributed by atoms with van der Waals surface area (Å²) in [5, 5.41) is 13.0. The van der Waals surface area contributed by atoms with Gasteiger partial charge in [0.2, 0.25) is 0 Å². The fourth-order valence-electron chi connectivity index (χ4n) is 1.86. The Morgan fingerprint density at radius 1 is 1.21 bits per heavy atom. The molecule has 0 fully saturated rings. The van der Waals surface area contributed by atoms with E-state index in [-0.39, 0.29) is 6.10 Å². The molecule has 19 heavy (non-hydrogen) atoms. The maximum Gasteiger partial charge on any atom is 0.161 e. The molecule has 0 aliphatic carbocycles. The van der Waals surface area contributed by atoms with E-state index < -0.39 is 0 Å². The average molecular weight is 268 g/mol. The van der Waals surface area contributed by atoms with Crippen molar-refractivity contribution in [3.63, 3.8) is 0 Å². The number of ether oxygens (including phenoxy) is 2. The van der Waals surface area contributed by atoms with Crippen molar-refractivity contribution >= 4 is 0 Å². The summed E-state index contributed by atoms with van der Waals surface area (Å²) < 4.78 is 10.4. The molecule has 0 bridgehead atoms. The molecule has 2 N–H and O–H groups in total. The average Bonchev–Trinajstić information content (AvgIpc) is 2.37. The van der Waals surface area contributed by atoms with Gasteiger partial charge in [0.1, 0.15) is 0 Å². The van der Waals surface area contributed by atoms with Gasteiger partial charge in [-0.1, -0.05) is 6.07 Å². The largest absolute Gasteiger partial charge is 0.493 e. The molecule has 0 amide bonds. The number of likely N-dealkylation sites (N-methyl/N-ethyl adjacent to an activating group) is 1. The van der Waals surface area contributed by atoms with Crippen molar-refractivity contribution in [3.05, 3.63) is 23.8 Å². The lowest BCUT2D eigenvalue weighted by atomic mass is 10.2. The molecule has 0 aliphatic heterocycles. The molecule has 5 nitrogen and oxygen atoms in total. The van der Waals surface area contributed by atoms with E-state index in [9.17, 15) is 5.11 Å². The second kappa shape index (κ2) is 7.99. The van der Waals surface area contributed by atoms with Crippen molar-refractivity contribution in [3.8, 4) is 11.5 Å². The number of hydrogen-bond donors (Lipinski definition) is 2. The summed E-state index contributed by atoms with van der Waals surface area (Å²) >= 11 is 0. The van der Waals surface area contributed by atoms with Crippen LogP contribution in [0.25, 0.3) is 0 Å². The van der Waals surface area contributed by atoms with Crippen LogP contribution in [-0.4, -0.2) is 57.5 Å². The SMILES string of the molecule is COc1ccc(CNCC(O)CN(C)C)cc1OC. The van der Waals surface area contributed by atoms with E-state index in [2.05, 4.69) is 5.32 Å². The van der Waals surface area contributed by atoms with Crippen molar-refractivity contribution in [2.45, 2.75) is 12.6 Å². The van der Waals surface area contributed by atoms with E-state index in [1.807, 2.05) is 37.2 Å². The first-order valence-electron chi connectivity index (χ1n) is 6.31. The van der Waals surface area contributed by atoms with Gasteiger partial charge in [-0.25, -0.2) is 0 Å². The van der Waals surface area contributed by atoms with Crippen LogP contribution in [0, 0.1) is 0 Å². The Labute approximate surface area is 115 Å². The normalized spacial score (nSPS) is 12.5. The molecule has 1 unspecified atom stereocenters. The number of nitrogens with one attached hydrogen (secondary N) is 1. The van der Waals surface area contributed by atoms with E-state index in [4.69, 9.17) is 9.47 Å². The summed E-state index contributed by atoms with van der Waals surface area (Å²) in [7, 11) is 7.12. The standard InChI is InChI=1S/C14H24N2O3/c1-16(2)10-12(17)9-15-8-11-5-6-13(18-3)14(7-11)19-4/h5-7,12,15,17H,8-10H2,1-4H3. The molecular weight excluding hydrogens is 244 g/mol. The summed E-state index contributed by atoms with van der Waals surface area (Å²) in [6, 6.07) is 5.79. The van der Waals surface area contributed by atoms with E-state index in [1.54, 1.807) is 14.2 Å². The third-order valence-corrected chi connectivity index (χ3v) is 2.73. The van der Waals surface area contributed by atoms with Gasteiger partial charge in [0.25, 0.3) is 0 Å². The van der Waals surface area contributed by atoms with Crippen molar-refractivity contribution in [2.24, 2.45) is 0 Å². The molecule has 108 valence electrons. The monoisotopic (exact) mass is 268 g/mol. The van der Waals surface area contributed by atoms with Crippen LogP contribution in [0.3, 0.4) is 0 Å². The Bertz CT molecular complexity index is 383. The number of aliphatic hydroxyl groups excluding tert-OH is 1. The number of aliphatic hydroxyl groups is 1. The summed E-state index contributed by atoms with van der Waals surface area (Å²) in [4.78, 5) is 1.96. The Hall–Kier alpha value is -1.30. The first kappa shape index (κ1) is 15.8. The van der Waals surface area contributed by atoms with Crippen LogP contribution in [0.5, 0.6) is 11.5 Å². The molecule has 0 saturated heterocycles. The lowest BCUT2D eigenvalue weighted by Crippen LogP contribution is -2.34. The topological polar surface area (TPSA) is 54.0 Å². The van der Waals surface area contributed by atoms with E-state index >= 15 is 0 Å². The van der Waals surface area contributed by atoms with Gasteiger partial charge >= 0.3 is 0 Å². The number of hydrogen-bond acceptors (Lipinski definition) is 5. The molecule has 0 aromatic heterocycles. The highest BCUT2D eigenvalue weighted by atomic mass is 16.5. The number of rotatable bonds is 8. The first-order valence-corrected chi connectivity index (χ1v) is 6.31. The summed E-state index contributed by atoms with van der Waals surface area (Å²) in [6.07, 6.45) is -0.366. The highest BCUT2D eigenvalue weighted by Crippen LogP contribution is 2.27. The van der Waals surface area contributed by atoms with Crippen LogP contribution < -0.4 is 14.8 Å². The number of methoxy groups -OCH3 is 2. The fraction of sp³-hybridized carbons (Fsp3) is 0.571. The Kier molecular flexibility index (Phi) is 6.62. The smallest absolute Gasteiger partial charge is 0.161 e. The van der Waals surface area contributed by atoms with Crippen LogP contribution in [0.1, 0.15) is 5.56 Å². The molecule has 5 heteroatoms. The van der Waals surface area contributed by atoms with E-state index in [0.29, 0.717) is 19.6 Å². The molecule has 0 radical (unpaired) electrons. The van der Waals surface area contributed by atoms with Crippen LogP contribution >= 0.6 is 0 Å². The zero-order valence-electron chi connectivity index (χ0n) is 12.1. The lowest BCUT2D eigenvalue weighted by molar-refractivity contribution is 0.134. The van der Waals surface area contributed by atoms with Gasteiger partial charge in [-0.15, -0.1) is 0 Å². The maximum absolute atomic E-state index is 9.73. The van der Waals surface area contributed by atoms with Crippen LogP contribution in [0.2, 0.25) is 0 Å². The Balaban J connectivity index is 2.45. The highest BCUT2D eigenvalue weighted by molar-refractivity contribution is 5.42. The predicted molar refractivity (Wildman–Crippen MR) is 75.8 cm³/mol. The second-order valence-electron chi connectivity index (χ2n) is 4.74. The first-order chi connectivity index (χ1) is 9.06. The minimum atomic E-state index is -0.366. The zero-order chi connectivity index (χ0) is 14.3. The minimum Gasteiger partial charge on any atom is -0.493 e. The van der Waals surface area contributed by atoms with Gasteiger partial charge in [-0.2, -0.15) is 0 Å². The molecule has 1 aromatic rings. The Morgan fingerprint density at radius 3 is 2.47 bits per heavy atom. The third-order valence-electron chi connectivity index (χ3n) is 2.73. The zero-order valence-corrected chi connectivity index (χ0v) is 12.1. The molecule has 1 aromatic carbocycles. The summed E-state index contributed by atoms with van der Waals surface area (Å²) in [5.74, 6) is 1.44. The number of nitrogens with zero attached hydrogens (tertiary/aromatic N) is 1. The van der Waals surface area contributed by atoms with Crippen LogP contribution in [0.15, 0.2) is 18.2 Å². The quantitative estimate of drug-likeness (QED) is 0.727. The van der Waals surface area contributed by atoms with Crippen molar-refractivity contribution < 1.29 is 14.6 Å². The van der Waals surface area contributed by atoms with Gasteiger partial charge in [0, 0.05) is 19.6 Å². The number of benzene rings is 1. The van der Waals surface area contributed by atoms with E-state index in [1.165, 1.54) is 0 Å². The van der Waals surface area contributed by atoms with Crippen molar-refractivity contribution in [1.82, 2.24) is 10.2 Å². The third kappa shape index (κ3) is 5.46. The molecule has 0 heterocycles. The van der Waals surface area contributed by atoms with Crippen molar-refractivity contribution in [2.75, 3.05) is 41.4 Å². The Morgan fingerprint density at radius 2 is 1.89 bits per heavy atom. The van der Waals surface area contributed by atoms with Crippen LogP contribution in [0.4, 0.5) is 0 Å². The summed E-state index contributed by atoms with van der Waals surface area (Å²) in [6.45, 7) is 1.90. The van der Waals surface area contributed by atoms with Gasteiger partial charge in [-0.3, -0.25) is 0 Å². The lowest BCUT2D eigenvalue weighted by Gasteiger charge is -2.16. The molecular formula is C14H24N2O3. The van der Waals surface area contributed by atoms with Gasteiger partial charge < -0.3 is 24.8 Å². The molecule has 0 spiro atoms. The molecule has 0 aliphatic rings. The van der Waals surface area contributed by atoms with Crippen molar-refractivity contribution in [1.29, 1.82) is 0 Å². The predicted octanol–water partition coefficient (Wildman–Crippen LogP) is 0.716. The minimum absolute atomic E-state index is 0.366. The van der Waals surface area contributed by atoms with Crippen LogP contribution in [-0.2, 0) is 6.54 Å². The van der Waals surface area contributed by atoms with Gasteiger partial charge in [0.05, 0.1) is 20.3 Å². The molecule has 1 rings (SSSR count).